The van der Waals surface area contributed by atoms with Gasteiger partial charge in [-0.15, -0.1) is 6.58 Å². The van der Waals surface area contributed by atoms with Gasteiger partial charge in [-0.3, -0.25) is 4.79 Å². The lowest BCUT2D eigenvalue weighted by atomic mass is 9.68. The highest BCUT2D eigenvalue weighted by Crippen LogP contribution is 2.52. The van der Waals surface area contributed by atoms with Crippen LogP contribution in [0, 0.1) is 5.41 Å². The standard InChI is InChI=1S/C15H27NO3Si/c1-8-10-15(9-2)11(12(17)18)16(13(15)19)20(6,7)14(3,4)5/h8,11H,1,9-10H2,2-7H3,(H,17,18)/t11-,15-/m1/s1. The summed E-state index contributed by atoms with van der Waals surface area (Å²) in [6.07, 6.45) is 2.64. The van der Waals surface area contributed by atoms with Gasteiger partial charge < -0.3 is 9.67 Å². The van der Waals surface area contributed by atoms with Crippen LogP contribution >= 0.6 is 0 Å². The first-order valence-electron chi connectivity index (χ1n) is 7.15. The predicted octanol–water partition coefficient (Wildman–Crippen LogP) is 3.26. The Morgan fingerprint density at radius 1 is 1.50 bits per heavy atom. The molecule has 114 valence electrons. The highest BCUT2D eigenvalue weighted by atomic mass is 28.3. The average molecular weight is 297 g/mol. The fourth-order valence-electron chi connectivity index (χ4n) is 2.89. The number of rotatable bonds is 5. The van der Waals surface area contributed by atoms with Gasteiger partial charge in [0.1, 0.15) is 6.04 Å². The third-order valence-corrected chi connectivity index (χ3v) is 10.6. The maximum Gasteiger partial charge on any atom is 0.326 e. The summed E-state index contributed by atoms with van der Waals surface area (Å²) in [6.45, 7) is 16.0. The van der Waals surface area contributed by atoms with E-state index in [4.69, 9.17) is 0 Å². The smallest absolute Gasteiger partial charge is 0.326 e. The molecule has 20 heavy (non-hydrogen) atoms. The molecule has 1 N–H and O–H groups in total. The molecule has 0 saturated carbocycles. The number of nitrogens with zero attached hydrogens (tertiary/aromatic N) is 1. The number of allylic oxidation sites excluding steroid dienone is 1. The fourth-order valence-corrected chi connectivity index (χ4v) is 5.34. The summed E-state index contributed by atoms with van der Waals surface area (Å²) in [5.74, 6) is -0.892. The van der Waals surface area contributed by atoms with Crippen LogP contribution in [-0.4, -0.2) is 35.8 Å². The van der Waals surface area contributed by atoms with Crippen LogP contribution in [0.4, 0.5) is 0 Å². The molecule has 0 aromatic heterocycles. The topological polar surface area (TPSA) is 57.6 Å². The zero-order valence-electron chi connectivity index (χ0n) is 13.5. The van der Waals surface area contributed by atoms with Crippen LogP contribution in [0.15, 0.2) is 12.7 Å². The molecule has 0 spiro atoms. The molecule has 1 amide bonds. The minimum atomic E-state index is -2.18. The summed E-state index contributed by atoms with van der Waals surface area (Å²) in [6, 6.07) is -0.709. The average Bonchev–Trinajstić information content (AvgIpc) is 2.29. The summed E-state index contributed by atoms with van der Waals surface area (Å²) in [5.41, 5.74) is -0.789. The van der Waals surface area contributed by atoms with E-state index < -0.39 is 25.7 Å². The first-order valence-corrected chi connectivity index (χ1v) is 10.1. The number of hydrogen-bond acceptors (Lipinski definition) is 2. The van der Waals surface area contributed by atoms with Crippen LogP contribution in [-0.2, 0) is 9.59 Å². The molecule has 0 radical (unpaired) electrons. The van der Waals surface area contributed by atoms with Crippen LogP contribution in [0.5, 0.6) is 0 Å². The van der Waals surface area contributed by atoms with Gasteiger partial charge in [0.05, 0.1) is 5.41 Å². The van der Waals surface area contributed by atoms with E-state index in [9.17, 15) is 14.7 Å². The molecule has 1 fully saturated rings. The highest BCUT2D eigenvalue weighted by Gasteiger charge is 2.67. The summed E-state index contributed by atoms with van der Waals surface area (Å²) >= 11 is 0. The Labute approximate surface area is 122 Å². The maximum absolute atomic E-state index is 12.8. The molecule has 0 aromatic rings. The molecule has 1 aliphatic rings. The van der Waals surface area contributed by atoms with Gasteiger partial charge in [0, 0.05) is 0 Å². The lowest BCUT2D eigenvalue weighted by Crippen LogP contribution is -2.79. The molecule has 4 nitrogen and oxygen atoms in total. The van der Waals surface area contributed by atoms with E-state index in [0.717, 1.165) is 0 Å². The normalized spacial score (nSPS) is 27.2. The molecule has 2 atom stereocenters. The van der Waals surface area contributed by atoms with Crippen molar-refractivity contribution in [1.29, 1.82) is 0 Å². The van der Waals surface area contributed by atoms with Gasteiger partial charge in [0.2, 0.25) is 5.91 Å². The van der Waals surface area contributed by atoms with Crippen LogP contribution in [0.25, 0.3) is 0 Å². The predicted molar refractivity (Wildman–Crippen MR) is 83.0 cm³/mol. The van der Waals surface area contributed by atoms with Crippen molar-refractivity contribution in [2.45, 2.75) is 64.7 Å². The quantitative estimate of drug-likeness (QED) is 0.481. The van der Waals surface area contributed by atoms with E-state index in [2.05, 4.69) is 40.4 Å². The first-order chi connectivity index (χ1) is 8.97. The van der Waals surface area contributed by atoms with E-state index in [1.165, 1.54) is 0 Å². The van der Waals surface area contributed by atoms with Crippen molar-refractivity contribution in [2.24, 2.45) is 5.41 Å². The minimum Gasteiger partial charge on any atom is -0.480 e. The van der Waals surface area contributed by atoms with Crippen LogP contribution < -0.4 is 0 Å². The number of carboxylic acids is 1. The molecule has 5 heteroatoms. The zero-order valence-corrected chi connectivity index (χ0v) is 14.5. The monoisotopic (exact) mass is 297 g/mol. The molecular formula is C15H27NO3Si. The van der Waals surface area contributed by atoms with Crippen molar-refractivity contribution in [3.8, 4) is 0 Å². The minimum absolute atomic E-state index is 0.00103. The summed E-state index contributed by atoms with van der Waals surface area (Å²) in [5, 5.41) is 9.57. The van der Waals surface area contributed by atoms with Crippen molar-refractivity contribution in [2.75, 3.05) is 0 Å². The van der Waals surface area contributed by atoms with E-state index in [0.29, 0.717) is 12.8 Å². The number of carbonyl (C=O) groups is 2. The van der Waals surface area contributed by atoms with Gasteiger partial charge in [-0.1, -0.05) is 46.9 Å². The third kappa shape index (κ3) is 2.12. The lowest BCUT2D eigenvalue weighted by molar-refractivity contribution is -0.176. The van der Waals surface area contributed by atoms with E-state index in [1.807, 2.05) is 6.92 Å². The van der Waals surface area contributed by atoms with Crippen molar-refractivity contribution < 1.29 is 14.7 Å². The second kappa shape index (κ2) is 5.02. The highest BCUT2D eigenvalue weighted by molar-refractivity contribution is 6.80. The largest absolute Gasteiger partial charge is 0.480 e. The maximum atomic E-state index is 12.8. The van der Waals surface area contributed by atoms with Gasteiger partial charge in [-0.05, 0) is 17.9 Å². The molecule has 0 unspecified atom stereocenters. The zero-order chi connectivity index (χ0) is 15.9. The lowest BCUT2D eigenvalue weighted by Gasteiger charge is -2.62. The Kier molecular flexibility index (Phi) is 4.26. The van der Waals surface area contributed by atoms with Crippen molar-refractivity contribution in [3.63, 3.8) is 0 Å². The Bertz CT molecular complexity index is 439. The Morgan fingerprint density at radius 3 is 2.30 bits per heavy atom. The van der Waals surface area contributed by atoms with Crippen LogP contribution in [0.2, 0.25) is 18.1 Å². The summed E-state index contributed by atoms with van der Waals surface area (Å²) < 4.78 is 1.70. The van der Waals surface area contributed by atoms with E-state index in [-0.39, 0.29) is 10.9 Å². The van der Waals surface area contributed by atoms with Crippen LogP contribution in [0.3, 0.4) is 0 Å². The molecule has 0 aliphatic carbocycles. The van der Waals surface area contributed by atoms with Gasteiger partial charge in [-0.25, -0.2) is 4.79 Å². The molecule has 1 rings (SSSR count). The van der Waals surface area contributed by atoms with Crippen molar-refractivity contribution >= 4 is 20.1 Å². The number of hydrogen-bond donors (Lipinski definition) is 1. The van der Waals surface area contributed by atoms with Gasteiger partial charge in [0.15, 0.2) is 8.24 Å². The molecule has 0 aromatic carbocycles. The number of carbonyl (C=O) groups excluding carboxylic acids is 1. The molecule has 1 aliphatic heterocycles. The fraction of sp³-hybridized carbons (Fsp3) is 0.733. The molecule has 0 bridgehead atoms. The van der Waals surface area contributed by atoms with Gasteiger partial charge >= 0.3 is 5.97 Å². The second-order valence-electron chi connectivity index (χ2n) is 7.23. The Morgan fingerprint density at radius 2 is 2.00 bits per heavy atom. The first kappa shape index (κ1) is 16.9. The van der Waals surface area contributed by atoms with Crippen molar-refractivity contribution in [1.82, 2.24) is 4.57 Å². The summed E-state index contributed by atoms with van der Waals surface area (Å²) in [4.78, 5) is 24.5. The molecular weight excluding hydrogens is 270 g/mol. The number of aliphatic carboxylic acids is 1. The SMILES string of the molecule is C=CC[C@@]1(CC)C(=O)N([Si](C)(C)C(C)(C)C)[C@@H]1C(=O)O. The Hall–Kier alpha value is -1.10. The number of carboxylic acid groups (broad SMARTS) is 1. The molecule has 1 heterocycles. The van der Waals surface area contributed by atoms with E-state index in [1.54, 1.807) is 10.6 Å². The summed E-state index contributed by atoms with van der Waals surface area (Å²) in [7, 11) is -2.18. The third-order valence-electron chi connectivity index (χ3n) is 5.24. The van der Waals surface area contributed by atoms with Crippen molar-refractivity contribution in [3.05, 3.63) is 12.7 Å². The van der Waals surface area contributed by atoms with Gasteiger partial charge in [-0.2, -0.15) is 0 Å². The van der Waals surface area contributed by atoms with E-state index >= 15 is 0 Å². The second-order valence-corrected chi connectivity index (χ2v) is 12.3. The number of amides is 1. The molecule has 1 saturated heterocycles. The number of β-lactam (4-membered cyclic amide) rings is 1. The van der Waals surface area contributed by atoms with Gasteiger partial charge in [0.25, 0.3) is 0 Å². The Balaban J connectivity index is 3.29. The van der Waals surface area contributed by atoms with Crippen LogP contribution in [0.1, 0.15) is 40.5 Å².